The predicted octanol–water partition coefficient (Wildman–Crippen LogP) is 3.46. The number of carbonyl (C=O) groups is 1. The zero-order valence-electron chi connectivity index (χ0n) is 12.4. The van der Waals surface area contributed by atoms with Gasteiger partial charge in [0.2, 0.25) is 6.10 Å². The van der Waals surface area contributed by atoms with Crippen LogP contribution in [0.5, 0.6) is 11.5 Å². The van der Waals surface area contributed by atoms with Crippen molar-refractivity contribution in [1.82, 2.24) is 4.98 Å². The lowest BCUT2D eigenvalue weighted by Gasteiger charge is -2.30. The molecular formula is C17H14N2O3S. The van der Waals surface area contributed by atoms with E-state index < -0.39 is 6.10 Å². The van der Waals surface area contributed by atoms with Gasteiger partial charge in [0, 0.05) is 0 Å². The zero-order valence-corrected chi connectivity index (χ0v) is 13.2. The first-order valence-electron chi connectivity index (χ1n) is 7.29. The molecule has 1 aliphatic rings. The maximum absolute atomic E-state index is 12.5. The quantitative estimate of drug-likeness (QED) is 0.783. The van der Waals surface area contributed by atoms with E-state index in [1.165, 1.54) is 11.3 Å². The molecule has 1 aromatic heterocycles. The minimum absolute atomic E-state index is 0.258. The van der Waals surface area contributed by atoms with Crippen molar-refractivity contribution in [3.8, 4) is 11.5 Å². The van der Waals surface area contributed by atoms with Crippen molar-refractivity contribution < 1.29 is 14.3 Å². The molecular weight excluding hydrogens is 312 g/mol. The molecule has 0 radical (unpaired) electrons. The smallest absolute Gasteiger partial charge is 0.271 e. The first kappa shape index (κ1) is 14.0. The molecule has 2 aromatic carbocycles. The van der Waals surface area contributed by atoms with Crippen molar-refractivity contribution in [2.24, 2.45) is 0 Å². The van der Waals surface area contributed by atoms with Crippen LogP contribution < -0.4 is 14.8 Å². The Bertz CT molecular complexity index is 844. The highest BCUT2D eigenvalue weighted by Crippen LogP contribution is 2.34. The third kappa shape index (κ3) is 2.61. The molecule has 1 aliphatic heterocycles. The summed E-state index contributed by atoms with van der Waals surface area (Å²) >= 11 is 1.44. The molecule has 116 valence electrons. The van der Waals surface area contributed by atoms with E-state index in [1.807, 2.05) is 49.4 Å². The summed E-state index contributed by atoms with van der Waals surface area (Å²) in [5.41, 5.74) is 0.868. The molecule has 0 fully saturated rings. The molecule has 4 rings (SSSR count). The first-order chi connectivity index (χ1) is 11.2. The molecule has 1 amide bonds. The van der Waals surface area contributed by atoms with Crippen LogP contribution in [0.1, 0.15) is 6.92 Å². The number of amides is 1. The molecule has 0 bridgehead atoms. The van der Waals surface area contributed by atoms with Gasteiger partial charge in [-0.2, -0.15) is 0 Å². The van der Waals surface area contributed by atoms with Crippen LogP contribution in [-0.4, -0.2) is 23.1 Å². The van der Waals surface area contributed by atoms with Crippen molar-refractivity contribution in [3.63, 3.8) is 0 Å². The molecule has 6 heteroatoms. The number of hydrogen-bond acceptors (Lipinski definition) is 5. The minimum Gasteiger partial charge on any atom is -0.482 e. The molecule has 5 nitrogen and oxygen atoms in total. The fraction of sp³-hybridized carbons (Fsp3) is 0.176. The van der Waals surface area contributed by atoms with E-state index in [0.717, 1.165) is 10.2 Å². The van der Waals surface area contributed by atoms with E-state index in [0.29, 0.717) is 16.6 Å². The fourth-order valence-corrected chi connectivity index (χ4v) is 3.38. The largest absolute Gasteiger partial charge is 0.482 e. The highest BCUT2D eigenvalue weighted by molar-refractivity contribution is 7.22. The summed E-state index contributed by atoms with van der Waals surface area (Å²) in [5, 5.41) is 3.39. The van der Waals surface area contributed by atoms with Gasteiger partial charge in [0.15, 0.2) is 16.6 Å². The topological polar surface area (TPSA) is 60.5 Å². The van der Waals surface area contributed by atoms with Gasteiger partial charge in [-0.15, -0.1) is 0 Å². The first-order valence-corrected chi connectivity index (χ1v) is 8.11. The molecule has 23 heavy (non-hydrogen) atoms. The van der Waals surface area contributed by atoms with Gasteiger partial charge in [0.25, 0.3) is 5.91 Å². The normalized spacial score (nSPS) is 19.5. The number of aromatic nitrogens is 1. The number of benzene rings is 2. The van der Waals surface area contributed by atoms with Crippen molar-refractivity contribution in [2.45, 2.75) is 19.1 Å². The highest BCUT2D eigenvalue weighted by Gasteiger charge is 2.34. The summed E-state index contributed by atoms with van der Waals surface area (Å²) < 4.78 is 12.6. The van der Waals surface area contributed by atoms with Gasteiger partial charge < -0.3 is 9.47 Å². The number of thiazole rings is 1. The third-order valence-corrected chi connectivity index (χ3v) is 4.58. The number of nitrogens with zero attached hydrogens (tertiary/aromatic N) is 1. The van der Waals surface area contributed by atoms with Crippen LogP contribution >= 0.6 is 11.3 Å². The summed E-state index contributed by atoms with van der Waals surface area (Å²) in [6, 6.07) is 15.1. The number of fused-ring (bicyclic) bond motifs is 2. The van der Waals surface area contributed by atoms with Crippen LogP contribution in [-0.2, 0) is 4.79 Å². The van der Waals surface area contributed by atoms with Crippen molar-refractivity contribution in [2.75, 3.05) is 5.32 Å². The second-order valence-electron chi connectivity index (χ2n) is 5.28. The Morgan fingerprint density at radius 1 is 1.09 bits per heavy atom. The van der Waals surface area contributed by atoms with Crippen molar-refractivity contribution in [1.29, 1.82) is 0 Å². The second-order valence-corrected chi connectivity index (χ2v) is 6.31. The summed E-state index contributed by atoms with van der Waals surface area (Å²) in [7, 11) is 0. The SMILES string of the molecule is CC1Oc2ccccc2OC1C(=O)Nc1nc2ccccc2s1. The van der Waals surface area contributed by atoms with Crippen LogP contribution in [0.15, 0.2) is 48.5 Å². The van der Waals surface area contributed by atoms with E-state index in [4.69, 9.17) is 9.47 Å². The number of rotatable bonds is 2. The summed E-state index contributed by atoms with van der Waals surface area (Å²) in [6.07, 6.45) is -1.09. The summed E-state index contributed by atoms with van der Waals surface area (Å²) in [5.74, 6) is 0.977. The van der Waals surface area contributed by atoms with E-state index in [2.05, 4.69) is 10.3 Å². The van der Waals surface area contributed by atoms with Crippen LogP contribution in [0, 0.1) is 0 Å². The minimum atomic E-state index is -0.711. The van der Waals surface area contributed by atoms with Gasteiger partial charge in [-0.05, 0) is 31.2 Å². The fourth-order valence-electron chi connectivity index (χ4n) is 2.51. The molecule has 3 aromatic rings. The molecule has 0 aliphatic carbocycles. The lowest BCUT2D eigenvalue weighted by molar-refractivity contribution is -0.128. The van der Waals surface area contributed by atoms with E-state index in [-0.39, 0.29) is 12.0 Å². The Hall–Kier alpha value is -2.60. The lowest BCUT2D eigenvalue weighted by atomic mass is 10.1. The molecule has 2 heterocycles. The molecule has 0 saturated carbocycles. The average molecular weight is 326 g/mol. The molecule has 0 saturated heterocycles. The number of anilines is 1. The van der Waals surface area contributed by atoms with Crippen LogP contribution in [0.3, 0.4) is 0 Å². The predicted molar refractivity (Wildman–Crippen MR) is 89.2 cm³/mol. The second kappa shape index (κ2) is 5.55. The molecule has 0 spiro atoms. The Balaban J connectivity index is 1.55. The molecule has 2 atom stereocenters. The van der Waals surface area contributed by atoms with Crippen LogP contribution in [0.4, 0.5) is 5.13 Å². The third-order valence-electron chi connectivity index (χ3n) is 3.62. The van der Waals surface area contributed by atoms with Crippen molar-refractivity contribution >= 4 is 32.6 Å². The van der Waals surface area contributed by atoms with Crippen LogP contribution in [0.25, 0.3) is 10.2 Å². The van der Waals surface area contributed by atoms with Gasteiger partial charge >= 0.3 is 0 Å². The Labute approximate surface area is 136 Å². The Morgan fingerprint density at radius 2 is 1.78 bits per heavy atom. The van der Waals surface area contributed by atoms with Gasteiger partial charge in [0.1, 0.15) is 6.10 Å². The van der Waals surface area contributed by atoms with Gasteiger partial charge in [0.05, 0.1) is 10.2 Å². The monoisotopic (exact) mass is 326 g/mol. The number of nitrogens with one attached hydrogen (secondary N) is 1. The van der Waals surface area contributed by atoms with Gasteiger partial charge in [-0.3, -0.25) is 10.1 Å². The number of ether oxygens (including phenoxy) is 2. The summed E-state index contributed by atoms with van der Waals surface area (Å²) in [6.45, 7) is 1.82. The maximum atomic E-state index is 12.5. The lowest BCUT2D eigenvalue weighted by Crippen LogP contribution is -2.46. The van der Waals surface area contributed by atoms with Crippen molar-refractivity contribution in [3.05, 3.63) is 48.5 Å². The van der Waals surface area contributed by atoms with Crippen LogP contribution in [0.2, 0.25) is 0 Å². The van der Waals surface area contributed by atoms with E-state index >= 15 is 0 Å². The maximum Gasteiger partial charge on any atom is 0.271 e. The molecule has 1 N–H and O–H groups in total. The molecule has 2 unspecified atom stereocenters. The Morgan fingerprint density at radius 3 is 2.57 bits per heavy atom. The number of carbonyl (C=O) groups excluding carboxylic acids is 1. The standard InChI is InChI=1S/C17H14N2O3S/c1-10-15(22-13-8-4-3-7-12(13)21-10)16(20)19-17-18-11-6-2-5-9-14(11)23-17/h2-10,15H,1H3,(H,18,19,20). The summed E-state index contributed by atoms with van der Waals surface area (Å²) in [4.78, 5) is 16.9. The van der Waals surface area contributed by atoms with E-state index in [9.17, 15) is 4.79 Å². The zero-order chi connectivity index (χ0) is 15.8. The average Bonchev–Trinajstić information content (AvgIpc) is 2.96. The van der Waals surface area contributed by atoms with Gasteiger partial charge in [-0.25, -0.2) is 4.98 Å². The number of para-hydroxylation sites is 3. The van der Waals surface area contributed by atoms with E-state index in [1.54, 1.807) is 6.07 Å². The highest BCUT2D eigenvalue weighted by atomic mass is 32.1. The Kier molecular flexibility index (Phi) is 3.38. The van der Waals surface area contributed by atoms with Gasteiger partial charge in [-0.1, -0.05) is 35.6 Å². The number of hydrogen-bond donors (Lipinski definition) is 1.